The van der Waals surface area contributed by atoms with Crippen LogP contribution in [-0.4, -0.2) is 71.3 Å². The first-order valence-corrected chi connectivity index (χ1v) is 16.8. The molecule has 2 aliphatic rings. The molecule has 5 rings (SSSR count). The van der Waals surface area contributed by atoms with Crippen LogP contribution in [0.25, 0.3) is 0 Å². The minimum Gasteiger partial charge on any atom is -0.369 e. The average molecular weight is 683 g/mol. The summed E-state index contributed by atoms with van der Waals surface area (Å²) >= 11 is 12.4. The fourth-order valence-electron chi connectivity index (χ4n) is 6.81. The SMILES string of the molecule is CC(C)C1CN(C(C)C(C(N)=O)c2ccc(Cl)c(Cl)c2)CCN1C(=O)C(Cc1ccc(F)cc1)NC(=O)C1Cc2ccccc2CN1. The predicted octanol–water partition coefficient (Wildman–Crippen LogP) is 4.70. The Labute approximate surface area is 285 Å². The van der Waals surface area contributed by atoms with E-state index in [0.717, 1.165) is 16.7 Å². The molecule has 0 bridgehead atoms. The molecule has 8 nitrogen and oxygen atoms in total. The number of fused-ring (bicyclic) bond motifs is 1. The molecule has 3 amide bonds. The van der Waals surface area contributed by atoms with Gasteiger partial charge in [-0.25, -0.2) is 4.39 Å². The van der Waals surface area contributed by atoms with Crippen molar-refractivity contribution < 1.29 is 18.8 Å². The molecule has 0 aromatic heterocycles. The molecule has 5 unspecified atom stereocenters. The fraction of sp³-hybridized carbons (Fsp3) is 0.417. The number of carbonyl (C=O) groups excluding carboxylic acids is 3. The third-order valence-corrected chi connectivity index (χ3v) is 10.3. The summed E-state index contributed by atoms with van der Waals surface area (Å²) in [6.07, 6.45) is 0.737. The fourth-order valence-corrected chi connectivity index (χ4v) is 7.12. The van der Waals surface area contributed by atoms with Crippen LogP contribution in [-0.2, 0) is 33.8 Å². The monoisotopic (exact) mass is 681 g/mol. The quantitative estimate of drug-likeness (QED) is 0.288. The van der Waals surface area contributed by atoms with Crippen LogP contribution in [0, 0.1) is 11.7 Å². The van der Waals surface area contributed by atoms with Crippen molar-refractivity contribution in [3.05, 3.63) is 105 Å². The molecule has 3 aromatic carbocycles. The smallest absolute Gasteiger partial charge is 0.245 e. The van der Waals surface area contributed by atoms with E-state index in [1.807, 2.05) is 36.1 Å². The maximum absolute atomic E-state index is 14.4. The molecule has 1 fully saturated rings. The maximum atomic E-state index is 14.4. The van der Waals surface area contributed by atoms with Crippen LogP contribution in [0.5, 0.6) is 0 Å². The number of amides is 3. The van der Waals surface area contributed by atoms with Crippen molar-refractivity contribution in [2.75, 3.05) is 19.6 Å². The van der Waals surface area contributed by atoms with E-state index in [-0.39, 0.29) is 42.1 Å². The summed E-state index contributed by atoms with van der Waals surface area (Å²) in [4.78, 5) is 44.8. The molecule has 4 N–H and O–H groups in total. The van der Waals surface area contributed by atoms with E-state index in [1.54, 1.807) is 30.3 Å². The summed E-state index contributed by atoms with van der Waals surface area (Å²) in [7, 11) is 0. The number of nitrogens with two attached hydrogens (primary N) is 1. The van der Waals surface area contributed by atoms with Gasteiger partial charge in [0.15, 0.2) is 0 Å². The first-order chi connectivity index (χ1) is 22.4. The van der Waals surface area contributed by atoms with Gasteiger partial charge in [0.2, 0.25) is 17.7 Å². The van der Waals surface area contributed by atoms with Gasteiger partial charge in [0, 0.05) is 44.7 Å². The lowest BCUT2D eigenvalue weighted by Crippen LogP contribution is -2.64. The molecule has 0 spiro atoms. The van der Waals surface area contributed by atoms with Gasteiger partial charge < -0.3 is 21.3 Å². The molecule has 1 saturated heterocycles. The predicted molar refractivity (Wildman–Crippen MR) is 183 cm³/mol. The van der Waals surface area contributed by atoms with E-state index in [1.165, 1.54) is 12.1 Å². The van der Waals surface area contributed by atoms with Crippen molar-refractivity contribution in [3.63, 3.8) is 0 Å². The van der Waals surface area contributed by atoms with Gasteiger partial charge in [-0.2, -0.15) is 0 Å². The highest BCUT2D eigenvalue weighted by atomic mass is 35.5. The number of piperazine rings is 1. The van der Waals surface area contributed by atoms with Gasteiger partial charge in [0.25, 0.3) is 0 Å². The number of primary amides is 1. The number of benzene rings is 3. The Hall–Kier alpha value is -3.50. The normalized spacial score (nSPS) is 20.3. The summed E-state index contributed by atoms with van der Waals surface area (Å²) in [5.41, 5.74) is 9.60. The highest BCUT2D eigenvalue weighted by Crippen LogP contribution is 2.31. The highest BCUT2D eigenvalue weighted by molar-refractivity contribution is 6.42. The van der Waals surface area contributed by atoms with Crippen LogP contribution in [0.15, 0.2) is 66.7 Å². The minimum atomic E-state index is -0.855. The third-order valence-electron chi connectivity index (χ3n) is 9.54. The standard InChI is InChI=1S/C36H42Cl2FN5O3/c1-21(2)32-20-43(22(3)33(34(40)45)25-10-13-28(37)29(38)17-25)14-15-44(32)36(47)31(16-23-8-11-27(39)12-9-23)42-35(46)30-18-24-6-4-5-7-26(24)19-41-30/h4-13,17,21-22,30-33,41H,14-16,18-20H2,1-3H3,(H2,40,45)(H,42,46). The second-order valence-electron chi connectivity index (χ2n) is 12.9. The number of nitrogens with one attached hydrogen (secondary N) is 2. The van der Waals surface area contributed by atoms with E-state index in [2.05, 4.69) is 29.4 Å². The summed E-state index contributed by atoms with van der Waals surface area (Å²) in [6, 6.07) is 17.3. The van der Waals surface area contributed by atoms with Gasteiger partial charge in [-0.1, -0.05) is 79.5 Å². The highest BCUT2D eigenvalue weighted by Gasteiger charge is 2.40. The van der Waals surface area contributed by atoms with Crippen molar-refractivity contribution in [2.24, 2.45) is 11.7 Å². The summed E-state index contributed by atoms with van der Waals surface area (Å²) < 4.78 is 13.7. The maximum Gasteiger partial charge on any atom is 0.245 e. The molecule has 0 saturated carbocycles. The van der Waals surface area contributed by atoms with E-state index in [4.69, 9.17) is 28.9 Å². The molecule has 2 aliphatic heterocycles. The van der Waals surface area contributed by atoms with Crippen LogP contribution in [0.1, 0.15) is 48.9 Å². The van der Waals surface area contributed by atoms with E-state index >= 15 is 0 Å². The lowest BCUT2D eigenvalue weighted by atomic mass is 9.88. The molecule has 0 radical (unpaired) electrons. The summed E-state index contributed by atoms with van der Waals surface area (Å²) in [6.45, 7) is 8.03. The molecule has 2 heterocycles. The zero-order chi connectivity index (χ0) is 33.8. The average Bonchev–Trinajstić information content (AvgIpc) is 3.06. The van der Waals surface area contributed by atoms with Gasteiger partial charge in [-0.3, -0.25) is 19.3 Å². The lowest BCUT2D eigenvalue weighted by Gasteiger charge is -2.47. The van der Waals surface area contributed by atoms with Gasteiger partial charge in [-0.15, -0.1) is 0 Å². The molecule has 0 aliphatic carbocycles. The number of hydrogen-bond acceptors (Lipinski definition) is 5. The number of halogens is 3. The van der Waals surface area contributed by atoms with Crippen LogP contribution in [0.3, 0.4) is 0 Å². The molecule has 250 valence electrons. The Morgan fingerprint density at radius 3 is 2.34 bits per heavy atom. The first-order valence-electron chi connectivity index (χ1n) is 16.1. The molecular weight excluding hydrogens is 640 g/mol. The van der Waals surface area contributed by atoms with E-state index in [9.17, 15) is 18.8 Å². The van der Waals surface area contributed by atoms with Crippen molar-refractivity contribution >= 4 is 40.9 Å². The third kappa shape index (κ3) is 8.15. The molecule has 3 aromatic rings. The van der Waals surface area contributed by atoms with Crippen LogP contribution in [0.4, 0.5) is 4.39 Å². The number of nitrogens with zero attached hydrogens (tertiary/aromatic N) is 2. The van der Waals surface area contributed by atoms with E-state index < -0.39 is 23.9 Å². The second kappa shape index (κ2) is 15.2. The van der Waals surface area contributed by atoms with Gasteiger partial charge in [0.1, 0.15) is 11.9 Å². The molecule has 11 heteroatoms. The molecule has 47 heavy (non-hydrogen) atoms. The van der Waals surface area contributed by atoms with Gasteiger partial charge >= 0.3 is 0 Å². The molecular formula is C36H42Cl2FN5O3. The number of hydrogen-bond donors (Lipinski definition) is 3. The van der Waals surface area contributed by atoms with Gasteiger partial charge in [-0.05, 0) is 65.8 Å². The topological polar surface area (TPSA) is 108 Å². The minimum absolute atomic E-state index is 0.0737. The van der Waals surface area contributed by atoms with Crippen molar-refractivity contribution in [2.45, 2.75) is 70.2 Å². The summed E-state index contributed by atoms with van der Waals surface area (Å²) in [5, 5.41) is 7.10. The Morgan fingerprint density at radius 1 is 0.979 bits per heavy atom. The van der Waals surface area contributed by atoms with Crippen molar-refractivity contribution in [1.29, 1.82) is 0 Å². The Morgan fingerprint density at radius 2 is 1.68 bits per heavy atom. The Balaban J connectivity index is 1.35. The van der Waals surface area contributed by atoms with Crippen LogP contribution < -0.4 is 16.4 Å². The van der Waals surface area contributed by atoms with Crippen LogP contribution in [0.2, 0.25) is 10.0 Å². The van der Waals surface area contributed by atoms with Crippen LogP contribution >= 0.6 is 23.2 Å². The summed E-state index contributed by atoms with van der Waals surface area (Å²) in [5.74, 6) is -1.86. The zero-order valence-corrected chi connectivity index (χ0v) is 28.4. The van der Waals surface area contributed by atoms with Gasteiger partial charge in [0.05, 0.1) is 22.0 Å². The Bertz CT molecular complexity index is 1600. The van der Waals surface area contributed by atoms with E-state index in [0.29, 0.717) is 48.2 Å². The lowest BCUT2D eigenvalue weighted by molar-refractivity contribution is -0.143. The number of carbonyl (C=O) groups is 3. The molecule has 5 atom stereocenters. The zero-order valence-electron chi connectivity index (χ0n) is 26.9. The Kier molecular flexibility index (Phi) is 11.2. The van der Waals surface area contributed by atoms with Crippen molar-refractivity contribution in [1.82, 2.24) is 20.4 Å². The van der Waals surface area contributed by atoms with Crippen molar-refractivity contribution in [3.8, 4) is 0 Å². The first kappa shape index (κ1) is 34.8. The largest absolute Gasteiger partial charge is 0.369 e. The second-order valence-corrected chi connectivity index (χ2v) is 13.7. The number of rotatable bonds is 10.